The minimum absolute atomic E-state index is 0.150. The highest BCUT2D eigenvalue weighted by atomic mass is 16.5. The van der Waals surface area contributed by atoms with Crippen molar-refractivity contribution in [3.63, 3.8) is 0 Å². The lowest BCUT2D eigenvalue weighted by molar-refractivity contribution is -0.122. The van der Waals surface area contributed by atoms with Crippen LogP contribution < -0.4 is 15.0 Å². The maximum absolute atomic E-state index is 13.3. The fraction of sp³-hybridized carbons (Fsp3) is 0.115. The maximum Gasteiger partial charge on any atom is 0.335 e. The highest BCUT2D eigenvalue weighted by Crippen LogP contribution is 2.32. The van der Waals surface area contributed by atoms with E-state index >= 15 is 0 Å². The van der Waals surface area contributed by atoms with Crippen molar-refractivity contribution in [2.45, 2.75) is 13.8 Å². The first-order valence-electron chi connectivity index (χ1n) is 10.1. The van der Waals surface area contributed by atoms with Gasteiger partial charge >= 0.3 is 6.03 Å². The first-order valence-corrected chi connectivity index (χ1v) is 10.1. The minimum Gasteiger partial charge on any atom is -0.489 e. The van der Waals surface area contributed by atoms with E-state index in [4.69, 9.17) is 4.74 Å². The molecule has 1 N–H and O–H groups in total. The summed E-state index contributed by atoms with van der Waals surface area (Å²) in [4.78, 5) is 39.5. The van der Waals surface area contributed by atoms with Gasteiger partial charge in [-0.15, -0.1) is 0 Å². The van der Waals surface area contributed by atoms with Crippen molar-refractivity contribution >= 4 is 40.4 Å². The molecule has 3 aromatic rings. The van der Waals surface area contributed by atoms with E-state index < -0.39 is 17.8 Å². The summed E-state index contributed by atoms with van der Waals surface area (Å²) < 4.78 is 5.78. The van der Waals surface area contributed by atoms with Crippen molar-refractivity contribution in [1.29, 1.82) is 0 Å². The second kappa shape index (κ2) is 8.51. The van der Waals surface area contributed by atoms with Crippen molar-refractivity contribution in [3.05, 3.63) is 89.5 Å². The van der Waals surface area contributed by atoms with Crippen molar-refractivity contribution in [1.82, 2.24) is 5.32 Å². The highest BCUT2D eigenvalue weighted by Gasteiger charge is 2.37. The molecule has 1 aliphatic heterocycles. The molecule has 4 rings (SSSR count). The van der Waals surface area contributed by atoms with E-state index in [2.05, 4.69) is 11.9 Å². The second-order valence-electron chi connectivity index (χ2n) is 7.52. The van der Waals surface area contributed by atoms with Crippen LogP contribution in [-0.4, -0.2) is 24.5 Å². The van der Waals surface area contributed by atoms with Gasteiger partial charge in [-0.1, -0.05) is 49.1 Å². The Hall–Kier alpha value is -4.19. The van der Waals surface area contributed by atoms with Gasteiger partial charge < -0.3 is 4.74 Å². The van der Waals surface area contributed by atoms with E-state index in [1.807, 2.05) is 50.2 Å². The Labute approximate surface area is 185 Å². The summed E-state index contributed by atoms with van der Waals surface area (Å²) in [7, 11) is 0. The van der Waals surface area contributed by atoms with Crippen LogP contribution in [0.3, 0.4) is 0 Å². The molecule has 1 saturated heterocycles. The summed E-state index contributed by atoms with van der Waals surface area (Å²) >= 11 is 0. The van der Waals surface area contributed by atoms with Gasteiger partial charge in [0.25, 0.3) is 11.8 Å². The number of rotatable bonds is 5. The predicted molar refractivity (Wildman–Crippen MR) is 125 cm³/mol. The molecule has 6 nitrogen and oxygen atoms in total. The van der Waals surface area contributed by atoms with E-state index in [1.54, 1.807) is 24.3 Å². The summed E-state index contributed by atoms with van der Waals surface area (Å²) in [5, 5.41) is 4.02. The van der Waals surface area contributed by atoms with Crippen molar-refractivity contribution in [3.8, 4) is 5.75 Å². The van der Waals surface area contributed by atoms with Crippen LogP contribution in [0.5, 0.6) is 5.75 Å². The van der Waals surface area contributed by atoms with E-state index in [-0.39, 0.29) is 12.2 Å². The Bertz CT molecular complexity index is 1310. The number of barbiturate groups is 1. The van der Waals surface area contributed by atoms with Crippen molar-refractivity contribution in [2.75, 3.05) is 11.5 Å². The van der Waals surface area contributed by atoms with Gasteiger partial charge in [0.2, 0.25) is 0 Å². The molecule has 6 heteroatoms. The first kappa shape index (κ1) is 21.1. The number of urea groups is 1. The van der Waals surface area contributed by atoms with Crippen LogP contribution in [0.1, 0.15) is 16.7 Å². The average molecular weight is 426 g/mol. The van der Waals surface area contributed by atoms with Gasteiger partial charge in [0.05, 0.1) is 5.69 Å². The fourth-order valence-electron chi connectivity index (χ4n) is 3.60. The van der Waals surface area contributed by atoms with Gasteiger partial charge in [-0.2, -0.15) is 0 Å². The summed E-state index contributed by atoms with van der Waals surface area (Å²) in [5.41, 5.74) is 2.79. The third-order valence-corrected chi connectivity index (χ3v) is 5.43. The number of benzene rings is 3. The number of carbonyl (C=O) groups excluding carboxylic acids is 3. The summed E-state index contributed by atoms with van der Waals surface area (Å²) in [6, 6.07) is 15.8. The number of amides is 4. The van der Waals surface area contributed by atoms with Crippen molar-refractivity contribution in [2.24, 2.45) is 0 Å². The predicted octanol–water partition coefficient (Wildman–Crippen LogP) is 4.69. The monoisotopic (exact) mass is 426 g/mol. The third-order valence-electron chi connectivity index (χ3n) is 5.43. The van der Waals surface area contributed by atoms with E-state index in [0.717, 1.165) is 26.8 Å². The largest absolute Gasteiger partial charge is 0.489 e. The maximum atomic E-state index is 13.3. The van der Waals surface area contributed by atoms with Crippen LogP contribution in [0.4, 0.5) is 10.5 Å². The molecule has 0 spiro atoms. The quantitative estimate of drug-likeness (QED) is 0.365. The molecule has 160 valence electrons. The summed E-state index contributed by atoms with van der Waals surface area (Å²) in [6.07, 6.45) is 3.10. The molecule has 0 unspecified atom stereocenters. The van der Waals surface area contributed by atoms with Gasteiger partial charge in [-0.05, 0) is 60.0 Å². The van der Waals surface area contributed by atoms with Crippen LogP contribution in [0.15, 0.2) is 72.8 Å². The van der Waals surface area contributed by atoms with Gasteiger partial charge in [-0.25, -0.2) is 9.69 Å². The van der Waals surface area contributed by atoms with Crippen molar-refractivity contribution < 1.29 is 19.1 Å². The molecule has 32 heavy (non-hydrogen) atoms. The second-order valence-corrected chi connectivity index (χ2v) is 7.52. The van der Waals surface area contributed by atoms with Crippen LogP contribution in [0.2, 0.25) is 0 Å². The lowest BCUT2D eigenvalue weighted by atomic mass is 9.99. The number of carbonyl (C=O) groups is 3. The number of hydrogen-bond acceptors (Lipinski definition) is 4. The molecule has 0 aromatic heterocycles. The zero-order chi connectivity index (χ0) is 22.8. The molecule has 0 atom stereocenters. The summed E-state index contributed by atoms with van der Waals surface area (Å²) in [6.45, 7) is 7.77. The smallest absolute Gasteiger partial charge is 0.335 e. The van der Waals surface area contributed by atoms with E-state index in [1.165, 1.54) is 6.08 Å². The Kier molecular flexibility index (Phi) is 5.60. The highest BCUT2D eigenvalue weighted by molar-refractivity contribution is 6.39. The summed E-state index contributed by atoms with van der Waals surface area (Å²) in [5.74, 6) is -0.932. The molecule has 0 bridgehead atoms. The molecule has 1 heterocycles. The number of fused-ring (bicyclic) bond motifs is 1. The zero-order valence-electron chi connectivity index (χ0n) is 17.8. The number of hydrogen-bond donors (Lipinski definition) is 1. The fourth-order valence-corrected chi connectivity index (χ4v) is 3.60. The van der Waals surface area contributed by atoms with Gasteiger partial charge in [0, 0.05) is 5.56 Å². The minimum atomic E-state index is -0.776. The number of imide groups is 2. The molecule has 1 aliphatic rings. The molecular formula is C26H22N2O4. The number of nitrogens with one attached hydrogen (secondary N) is 1. The molecule has 3 aromatic carbocycles. The van der Waals surface area contributed by atoms with Crippen LogP contribution in [-0.2, 0) is 9.59 Å². The topological polar surface area (TPSA) is 75.7 Å². The van der Waals surface area contributed by atoms with Gasteiger partial charge in [0.15, 0.2) is 0 Å². The average Bonchev–Trinajstić information content (AvgIpc) is 2.77. The van der Waals surface area contributed by atoms with E-state index in [0.29, 0.717) is 17.0 Å². The normalized spacial score (nSPS) is 15.2. The Balaban J connectivity index is 1.85. The number of nitrogens with zero attached hydrogens (tertiary/aromatic N) is 1. The standard InChI is InChI=1S/C26H22N2O4/c1-4-13-32-23-12-10-18-7-5-6-8-20(18)21(23)15-22-24(29)27-26(31)28(25(22)30)19-11-9-16(2)17(3)14-19/h4-12,14-15H,1,13H2,2-3H3,(H,27,29,31)/b22-15+. The Morgan fingerprint density at radius 1 is 1.00 bits per heavy atom. The lowest BCUT2D eigenvalue weighted by Gasteiger charge is -2.27. The first-order chi connectivity index (χ1) is 15.4. The number of ether oxygens (including phenoxy) is 1. The van der Waals surface area contributed by atoms with Gasteiger partial charge in [0.1, 0.15) is 17.9 Å². The number of anilines is 1. The van der Waals surface area contributed by atoms with Crippen LogP contribution in [0, 0.1) is 13.8 Å². The molecule has 4 amide bonds. The van der Waals surface area contributed by atoms with Crippen LogP contribution >= 0.6 is 0 Å². The van der Waals surface area contributed by atoms with Crippen LogP contribution in [0.25, 0.3) is 16.8 Å². The third kappa shape index (κ3) is 3.78. The molecule has 1 fully saturated rings. The Morgan fingerprint density at radius 3 is 2.53 bits per heavy atom. The molecular weight excluding hydrogens is 404 g/mol. The number of aryl methyl sites for hydroxylation is 2. The Morgan fingerprint density at radius 2 is 1.78 bits per heavy atom. The van der Waals surface area contributed by atoms with E-state index in [9.17, 15) is 14.4 Å². The zero-order valence-corrected chi connectivity index (χ0v) is 17.8. The molecule has 0 radical (unpaired) electrons. The lowest BCUT2D eigenvalue weighted by Crippen LogP contribution is -2.54. The van der Waals surface area contributed by atoms with Gasteiger partial charge in [-0.3, -0.25) is 14.9 Å². The molecule has 0 saturated carbocycles. The molecule has 0 aliphatic carbocycles. The SMILES string of the molecule is C=CCOc1ccc2ccccc2c1/C=C1\C(=O)NC(=O)N(c2ccc(C)c(C)c2)C1=O.